The summed E-state index contributed by atoms with van der Waals surface area (Å²) in [5.41, 5.74) is 5.28. The summed E-state index contributed by atoms with van der Waals surface area (Å²) in [5, 5.41) is 11.0. The lowest BCUT2D eigenvalue weighted by molar-refractivity contribution is -0.120. The molecule has 0 saturated heterocycles. The second-order valence-electron chi connectivity index (χ2n) is 4.20. The first-order valence-electron chi connectivity index (χ1n) is 5.68. The number of hydrogen-bond donors (Lipinski definition) is 2. The number of benzene rings is 1. The lowest BCUT2D eigenvalue weighted by Gasteiger charge is -2.20. The topological polar surface area (TPSA) is 96.0 Å². The number of halogens is 1. The average Bonchev–Trinajstić information content (AvgIpc) is 2.35. The normalized spacial score (nSPS) is 13.1. The van der Waals surface area contributed by atoms with Crippen LogP contribution < -0.4 is 11.1 Å². The summed E-state index contributed by atoms with van der Waals surface area (Å²) in [7, 11) is 0. The molecule has 100 valence electrons. The number of carbonyl (C=O) groups is 2. The van der Waals surface area contributed by atoms with E-state index in [9.17, 15) is 14.0 Å². The van der Waals surface area contributed by atoms with Crippen LogP contribution in [0.2, 0.25) is 0 Å². The van der Waals surface area contributed by atoms with Gasteiger partial charge in [0, 0.05) is 12.0 Å². The number of carbonyl (C=O) groups excluding carboxylic acids is 2. The van der Waals surface area contributed by atoms with Gasteiger partial charge < -0.3 is 11.1 Å². The standard InChI is InChI=1S/C13H14FN3O2/c1-8(5-6-15)11(12(16)18)17-13(19)9-3-2-4-10(14)7-9/h2-4,7-8,11H,5H2,1H3,(H2,16,18)(H,17,19)/t8-,11+/m0/s1. The van der Waals surface area contributed by atoms with Crippen molar-refractivity contribution < 1.29 is 14.0 Å². The van der Waals surface area contributed by atoms with Crippen molar-refractivity contribution in [1.82, 2.24) is 5.32 Å². The Morgan fingerprint density at radius 2 is 2.21 bits per heavy atom. The van der Waals surface area contributed by atoms with Gasteiger partial charge in [0.05, 0.1) is 6.07 Å². The van der Waals surface area contributed by atoms with Gasteiger partial charge in [0.15, 0.2) is 0 Å². The van der Waals surface area contributed by atoms with E-state index >= 15 is 0 Å². The number of nitrogens with two attached hydrogens (primary N) is 1. The molecule has 0 fully saturated rings. The van der Waals surface area contributed by atoms with Crippen molar-refractivity contribution in [1.29, 1.82) is 5.26 Å². The van der Waals surface area contributed by atoms with E-state index in [4.69, 9.17) is 11.0 Å². The molecule has 2 atom stereocenters. The van der Waals surface area contributed by atoms with Gasteiger partial charge in [-0.05, 0) is 24.1 Å². The molecule has 3 N–H and O–H groups in total. The van der Waals surface area contributed by atoms with Crippen molar-refractivity contribution in [2.75, 3.05) is 0 Å². The first kappa shape index (κ1) is 14.6. The number of amides is 2. The summed E-state index contributed by atoms with van der Waals surface area (Å²) in [6.45, 7) is 1.63. The van der Waals surface area contributed by atoms with Crippen LogP contribution in [-0.4, -0.2) is 17.9 Å². The molecule has 0 saturated carbocycles. The Bertz CT molecular complexity index is 525. The second-order valence-corrected chi connectivity index (χ2v) is 4.20. The van der Waals surface area contributed by atoms with E-state index in [2.05, 4.69) is 5.32 Å². The van der Waals surface area contributed by atoms with Crippen molar-refractivity contribution in [2.24, 2.45) is 11.7 Å². The van der Waals surface area contributed by atoms with Crippen molar-refractivity contribution in [3.05, 3.63) is 35.6 Å². The van der Waals surface area contributed by atoms with Crippen LogP contribution in [0.15, 0.2) is 24.3 Å². The van der Waals surface area contributed by atoms with Crippen LogP contribution in [0.4, 0.5) is 4.39 Å². The van der Waals surface area contributed by atoms with Crippen LogP contribution in [0.25, 0.3) is 0 Å². The lowest BCUT2D eigenvalue weighted by atomic mass is 9.98. The van der Waals surface area contributed by atoms with E-state index < -0.39 is 29.6 Å². The molecule has 0 aliphatic carbocycles. The molecule has 19 heavy (non-hydrogen) atoms. The number of nitriles is 1. The Kier molecular flexibility index (Phi) is 5.01. The van der Waals surface area contributed by atoms with Gasteiger partial charge in [0.25, 0.3) is 5.91 Å². The molecule has 0 aromatic heterocycles. The minimum Gasteiger partial charge on any atom is -0.368 e. The molecular weight excluding hydrogens is 249 g/mol. The van der Waals surface area contributed by atoms with Crippen LogP contribution >= 0.6 is 0 Å². The molecule has 0 heterocycles. The summed E-state index contributed by atoms with van der Waals surface area (Å²) in [4.78, 5) is 23.1. The molecule has 0 unspecified atom stereocenters. The van der Waals surface area contributed by atoms with Crippen LogP contribution in [0.1, 0.15) is 23.7 Å². The zero-order valence-corrected chi connectivity index (χ0v) is 10.4. The maximum absolute atomic E-state index is 13.0. The molecular formula is C13H14FN3O2. The summed E-state index contributed by atoms with van der Waals surface area (Å²) in [6, 6.07) is 6.02. The summed E-state index contributed by atoms with van der Waals surface area (Å²) >= 11 is 0. The van der Waals surface area contributed by atoms with Crippen molar-refractivity contribution >= 4 is 11.8 Å². The van der Waals surface area contributed by atoms with Crippen LogP contribution in [-0.2, 0) is 4.79 Å². The highest BCUT2D eigenvalue weighted by atomic mass is 19.1. The Labute approximate surface area is 110 Å². The third-order valence-electron chi connectivity index (χ3n) is 2.66. The van der Waals surface area contributed by atoms with Gasteiger partial charge in [-0.2, -0.15) is 5.26 Å². The molecule has 1 aromatic rings. The highest BCUT2D eigenvalue weighted by Gasteiger charge is 2.25. The van der Waals surface area contributed by atoms with E-state index in [0.717, 1.165) is 6.07 Å². The van der Waals surface area contributed by atoms with Crippen molar-refractivity contribution in [3.8, 4) is 6.07 Å². The Morgan fingerprint density at radius 1 is 1.53 bits per heavy atom. The molecule has 0 radical (unpaired) electrons. The minimum atomic E-state index is -0.963. The third kappa shape index (κ3) is 4.07. The van der Waals surface area contributed by atoms with E-state index in [1.165, 1.54) is 18.2 Å². The zero-order chi connectivity index (χ0) is 14.4. The smallest absolute Gasteiger partial charge is 0.252 e. The van der Waals surface area contributed by atoms with Crippen molar-refractivity contribution in [3.63, 3.8) is 0 Å². The maximum atomic E-state index is 13.0. The lowest BCUT2D eigenvalue weighted by Crippen LogP contribution is -2.48. The predicted molar refractivity (Wildman–Crippen MR) is 66.2 cm³/mol. The quantitative estimate of drug-likeness (QED) is 0.828. The number of primary amides is 1. The molecule has 2 amide bonds. The van der Waals surface area contributed by atoms with Crippen LogP contribution in [0, 0.1) is 23.1 Å². The molecule has 1 rings (SSSR count). The minimum absolute atomic E-state index is 0.0804. The zero-order valence-electron chi connectivity index (χ0n) is 10.4. The van der Waals surface area contributed by atoms with Crippen LogP contribution in [0.5, 0.6) is 0 Å². The van der Waals surface area contributed by atoms with Gasteiger partial charge in [-0.15, -0.1) is 0 Å². The molecule has 5 nitrogen and oxygen atoms in total. The first-order valence-corrected chi connectivity index (χ1v) is 5.68. The fraction of sp³-hybridized carbons (Fsp3) is 0.308. The fourth-order valence-electron chi connectivity index (χ4n) is 1.61. The van der Waals surface area contributed by atoms with E-state index in [0.29, 0.717) is 0 Å². The molecule has 0 aliphatic rings. The monoisotopic (exact) mass is 263 g/mol. The fourth-order valence-corrected chi connectivity index (χ4v) is 1.61. The SMILES string of the molecule is C[C@@H](CC#N)[C@@H](NC(=O)c1cccc(F)c1)C(N)=O. The van der Waals surface area contributed by atoms with Gasteiger partial charge in [-0.1, -0.05) is 13.0 Å². The first-order chi connectivity index (χ1) is 8.95. The second kappa shape index (κ2) is 6.50. The van der Waals surface area contributed by atoms with Gasteiger partial charge in [0.1, 0.15) is 11.9 Å². The molecule has 1 aromatic carbocycles. The summed E-state index contributed by atoms with van der Waals surface area (Å²) in [5.74, 6) is -2.30. The van der Waals surface area contributed by atoms with Crippen LogP contribution in [0.3, 0.4) is 0 Å². The van der Waals surface area contributed by atoms with Gasteiger partial charge in [-0.3, -0.25) is 9.59 Å². The van der Waals surface area contributed by atoms with Gasteiger partial charge in [-0.25, -0.2) is 4.39 Å². The largest absolute Gasteiger partial charge is 0.368 e. The third-order valence-corrected chi connectivity index (χ3v) is 2.66. The molecule has 6 heteroatoms. The maximum Gasteiger partial charge on any atom is 0.252 e. The highest BCUT2D eigenvalue weighted by molar-refractivity contribution is 5.97. The average molecular weight is 263 g/mol. The number of hydrogen-bond acceptors (Lipinski definition) is 3. The number of rotatable bonds is 5. The molecule has 0 bridgehead atoms. The van der Waals surface area contributed by atoms with Gasteiger partial charge in [0.2, 0.25) is 5.91 Å². The Morgan fingerprint density at radius 3 is 2.74 bits per heavy atom. The summed E-state index contributed by atoms with van der Waals surface area (Å²) in [6.07, 6.45) is 0.0804. The van der Waals surface area contributed by atoms with E-state index in [-0.39, 0.29) is 12.0 Å². The Hall–Kier alpha value is -2.42. The van der Waals surface area contributed by atoms with E-state index in [1.54, 1.807) is 6.92 Å². The number of nitrogens with zero attached hydrogens (tertiary/aromatic N) is 1. The Balaban J connectivity index is 2.83. The molecule has 0 aliphatic heterocycles. The van der Waals surface area contributed by atoms with E-state index in [1.807, 2.05) is 6.07 Å². The predicted octanol–water partition coefficient (Wildman–Crippen LogP) is 0.959. The highest BCUT2D eigenvalue weighted by Crippen LogP contribution is 2.09. The number of nitrogens with one attached hydrogen (secondary N) is 1. The van der Waals surface area contributed by atoms with Gasteiger partial charge >= 0.3 is 0 Å². The van der Waals surface area contributed by atoms with Crippen molar-refractivity contribution in [2.45, 2.75) is 19.4 Å². The molecule has 0 spiro atoms. The summed E-state index contributed by atoms with van der Waals surface area (Å²) < 4.78 is 13.0.